The van der Waals surface area contributed by atoms with Crippen molar-refractivity contribution < 1.29 is 13.2 Å². The molecule has 1 aliphatic rings. The summed E-state index contributed by atoms with van der Waals surface area (Å²) in [5.74, 6) is 0.110. The second kappa shape index (κ2) is 6.56. The molecule has 112 valence electrons. The third kappa shape index (κ3) is 3.50. The van der Waals surface area contributed by atoms with Gasteiger partial charge in [0.15, 0.2) is 9.84 Å². The van der Waals surface area contributed by atoms with Crippen LogP contribution >= 0.6 is 0 Å². The number of likely N-dealkylation sites (N-methyl/N-ethyl adjacent to an activating group) is 1. The summed E-state index contributed by atoms with van der Waals surface area (Å²) >= 11 is 0. The molecule has 1 saturated heterocycles. The Morgan fingerprint density at radius 2 is 2.15 bits per heavy atom. The van der Waals surface area contributed by atoms with Gasteiger partial charge in [0, 0.05) is 26.7 Å². The summed E-state index contributed by atoms with van der Waals surface area (Å²) in [5.41, 5.74) is 0.739. The Morgan fingerprint density at radius 1 is 1.40 bits per heavy atom. The Balaban J connectivity index is 2.19. The van der Waals surface area contributed by atoms with Crippen LogP contribution in [0.1, 0.15) is 6.92 Å². The summed E-state index contributed by atoms with van der Waals surface area (Å²) in [6, 6.07) is 7.14. The number of nitrogens with one attached hydrogen (secondary N) is 1. The van der Waals surface area contributed by atoms with Crippen LogP contribution in [0.25, 0.3) is 0 Å². The third-order valence-electron chi connectivity index (χ3n) is 3.47. The molecule has 0 aromatic heterocycles. The lowest BCUT2D eigenvalue weighted by atomic mass is 10.2. The normalized spacial score (nSPS) is 19.8. The fourth-order valence-corrected chi connectivity index (χ4v) is 3.47. The number of hydrogen-bond donors (Lipinski definition) is 1. The Bertz CT molecular complexity index is 539. The molecule has 0 saturated carbocycles. The van der Waals surface area contributed by atoms with Gasteiger partial charge in [-0.2, -0.15) is 0 Å². The molecule has 1 aromatic carbocycles. The highest BCUT2D eigenvalue weighted by Gasteiger charge is 2.21. The number of benzene rings is 1. The molecule has 2 rings (SSSR count). The van der Waals surface area contributed by atoms with Gasteiger partial charge in [0.2, 0.25) is 0 Å². The molecule has 0 amide bonds. The van der Waals surface area contributed by atoms with Gasteiger partial charge in [0.25, 0.3) is 0 Å². The number of morpholine rings is 1. The van der Waals surface area contributed by atoms with Crippen molar-refractivity contribution in [2.24, 2.45) is 0 Å². The molecule has 1 atom stereocenters. The molecule has 6 heteroatoms. The highest BCUT2D eigenvalue weighted by atomic mass is 32.2. The first-order valence-electron chi connectivity index (χ1n) is 6.90. The lowest BCUT2D eigenvalue weighted by Gasteiger charge is -2.30. The topological polar surface area (TPSA) is 58.6 Å². The fourth-order valence-electron chi connectivity index (χ4n) is 2.33. The molecule has 1 aliphatic heterocycles. The van der Waals surface area contributed by atoms with E-state index in [1.807, 2.05) is 24.1 Å². The minimum Gasteiger partial charge on any atom is -0.374 e. The highest BCUT2D eigenvalue weighted by Crippen LogP contribution is 2.25. The zero-order chi connectivity index (χ0) is 14.6. The molecule has 1 unspecified atom stereocenters. The summed E-state index contributed by atoms with van der Waals surface area (Å²) in [6.45, 7) is 4.71. The Kier molecular flexibility index (Phi) is 5.01. The predicted octanol–water partition coefficient (Wildman–Crippen LogP) is 0.905. The van der Waals surface area contributed by atoms with Crippen molar-refractivity contribution in [1.29, 1.82) is 0 Å². The summed E-state index contributed by atoms with van der Waals surface area (Å²) < 4.78 is 30.0. The molecule has 1 heterocycles. The quantitative estimate of drug-likeness (QED) is 0.875. The molecular weight excluding hydrogens is 276 g/mol. The van der Waals surface area contributed by atoms with Crippen LogP contribution in [0.3, 0.4) is 0 Å². The van der Waals surface area contributed by atoms with Crippen LogP contribution in [-0.4, -0.2) is 53.6 Å². The largest absolute Gasteiger partial charge is 0.374 e. The second-order valence-corrected chi connectivity index (χ2v) is 7.20. The zero-order valence-corrected chi connectivity index (χ0v) is 12.8. The Labute approximate surface area is 120 Å². The van der Waals surface area contributed by atoms with Crippen molar-refractivity contribution in [3.8, 4) is 0 Å². The number of nitrogens with zero attached hydrogens (tertiary/aromatic N) is 1. The van der Waals surface area contributed by atoms with Crippen LogP contribution < -0.4 is 10.2 Å². The van der Waals surface area contributed by atoms with Gasteiger partial charge in [-0.1, -0.05) is 19.1 Å². The Hall–Kier alpha value is -1.11. The van der Waals surface area contributed by atoms with Crippen molar-refractivity contribution in [2.75, 3.05) is 43.9 Å². The van der Waals surface area contributed by atoms with E-state index in [0.29, 0.717) is 18.0 Å². The van der Waals surface area contributed by atoms with E-state index < -0.39 is 9.84 Å². The summed E-state index contributed by atoms with van der Waals surface area (Å²) in [4.78, 5) is 2.36. The van der Waals surface area contributed by atoms with Gasteiger partial charge in [-0.3, -0.25) is 0 Å². The second-order valence-electron chi connectivity index (χ2n) is 4.95. The van der Waals surface area contributed by atoms with Gasteiger partial charge in [0.1, 0.15) is 0 Å². The van der Waals surface area contributed by atoms with Gasteiger partial charge in [-0.15, -0.1) is 0 Å². The maximum Gasteiger partial charge on any atom is 0.180 e. The van der Waals surface area contributed by atoms with Gasteiger partial charge in [0.05, 0.1) is 29.0 Å². The van der Waals surface area contributed by atoms with E-state index in [0.717, 1.165) is 18.8 Å². The van der Waals surface area contributed by atoms with Crippen LogP contribution in [-0.2, 0) is 14.6 Å². The molecule has 1 aromatic rings. The predicted molar refractivity (Wildman–Crippen MR) is 80.0 cm³/mol. The van der Waals surface area contributed by atoms with Crippen LogP contribution in [0.4, 0.5) is 5.69 Å². The third-order valence-corrected chi connectivity index (χ3v) is 5.25. The monoisotopic (exact) mass is 298 g/mol. The number of rotatable bonds is 5. The van der Waals surface area contributed by atoms with E-state index in [2.05, 4.69) is 5.32 Å². The molecule has 5 nitrogen and oxygen atoms in total. The van der Waals surface area contributed by atoms with E-state index in [-0.39, 0.29) is 11.9 Å². The standard InChI is InChI=1S/C14H22N2O3S/c1-3-20(17,18)14-7-5-4-6-13(14)16(2)11-12-10-15-8-9-19-12/h4-7,12,15H,3,8-11H2,1-2H3. The van der Waals surface area contributed by atoms with Crippen molar-refractivity contribution in [3.05, 3.63) is 24.3 Å². The number of para-hydroxylation sites is 1. The molecule has 1 N–H and O–H groups in total. The van der Waals surface area contributed by atoms with Gasteiger partial charge in [-0.25, -0.2) is 8.42 Å². The first-order chi connectivity index (χ1) is 9.54. The molecule has 1 fully saturated rings. The van der Waals surface area contributed by atoms with Crippen molar-refractivity contribution in [3.63, 3.8) is 0 Å². The van der Waals surface area contributed by atoms with Crippen molar-refractivity contribution in [2.45, 2.75) is 17.9 Å². The maximum atomic E-state index is 12.1. The lowest BCUT2D eigenvalue weighted by Crippen LogP contribution is -2.44. The van der Waals surface area contributed by atoms with E-state index in [4.69, 9.17) is 4.74 Å². The number of hydrogen-bond acceptors (Lipinski definition) is 5. The number of ether oxygens (including phenoxy) is 1. The Morgan fingerprint density at radius 3 is 2.80 bits per heavy atom. The summed E-state index contributed by atoms with van der Waals surface area (Å²) in [5, 5.41) is 3.28. The maximum absolute atomic E-state index is 12.1. The van der Waals surface area contributed by atoms with Crippen LogP contribution in [0.5, 0.6) is 0 Å². The van der Waals surface area contributed by atoms with E-state index in [1.165, 1.54) is 0 Å². The number of anilines is 1. The van der Waals surface area contributed by atoms with Crippen molar-refractivity contribution in [1.82, 2.24) is 5.32 Å². The molecule has 0 bridgehead atoms. The number of sulfone groups is 1. The van der Waals surface area contributed by atoms with Crippen molar-refractivity contribution >= 4 is 15.5 Å². The molecule has 0 aliphatic carbocycles. The molecule has 20 heavy (non-hydrogen) atoms. The van der Waals surface area contributed by atoms with Crippen LogP contribution in [0.15, 0.2) is 29.2 Å². The van der Waals surface area contributed by atoms with E-state index >= 15 is 0 Å². The highest BCUT2D eigenvalue weighted by molar-refractivity contribution is 7.91. The summed E-state index contributed by atoms with van der Waals surface area (Å²) in [7, 11) is -1.31. The van der Waals surface area contributed by atoms with Gasteiger partial charge < -0.3 is 15.0 Å². The average molecular weight is 298 g/mol. The van der Waals surface area contributed by atoms with Gasteiger partial charge in [-0.05, 0) is 12.1 Å². The lowest BCUT2D eigenvalue weighted by molar-refractivity contribution is 0.0339. The van der Waals surface area contributed by atoms with Gasteiger partial charge >= 0.3 is 0 Å². The minimum absolute atomic E-state index is 0.0890. The molecular formula is C14H22N2O3S. The SMILES string of the molecule is CCS(=O)(=O)c1ccccc1N(C)CC1CNCCO1. The van der Waals surface area contributed by atoms with E-state index in [9.17, 15) is 8.42 Å². The smallest absolute Gasteiger partial charge is 0.180 e. The molecule has 0 radical (unpaired) electrons. The fraction of sp³-hybridized carbons (Fsp3) is 0.571. The zero-order valence-electron chi connectivity index (χ0n) is 12.0. The average Bonchev–Trinajstić information content (AvgIpc) is 2.48. The summed E-state index contributed by atoms with van der Waals surface area (Å²) in [6.07, 6.45) is 0.0890. The van der Waals surface area contributed by atoms with E-state index in [1.54, 1.807) is 19.1 Å². The first kappa shape index (κ1) is 15.3. The molecule has 0 spiro atoms. The minimum atomic E-state index is -3.21. The van der Waals surface area contributed by atoms with Crippen LogP contribution in [0.2, 0.25) is 0 Å². The first-order valence-corrected chi connectivity index (χ1v) is 8.55. The van der Waals surface area contributed by atoms with Crippen LogP contribution in [0, 0.1) is 0 Å².